The lowest BCUT2D eigenvalue weighted by Gasteiger charge is -2.30. The van der Waals surface area contributed by atoms with E-state index in [0.29, 0.717) is 6.42 Å². The molecule has 3 aromatic rings. The van der Waals surface area contributed by atoms with Crippen molar-refractivity contribution in [2.45, 2.75) is 31.2 Å². The monoisotopic (exact) mass is 378 g/mol. The molecule has 0 spiro atoms. The molecule has 2 nitrogen and oxygen atoms in total. The molecule has 144 valence electrons. The average molecular weight is 379 g/mol. The molecule has 29 heavy (non-hydrogen) atoms. The first-order valence-electron chi connectivity index (χ1n) is 10.2. The molecule has 1 atom stereocenters. The Labute approximate surface area is 172 Å². The lowest BCUT2D eigenvalue weighted by Crippen LogP contribution is -2.36. The van der Waals surface area contributed by atoms with Gasteiger partial charge in [0, 0.05) is 11.1 Å². The van der Waals surface area contributed by atoms with E-state index >= 15 is 0 Å². The van der Waals surface area contributed by atoms with Crippen molar-refractivity contribution in [3.8, 4) is 22.3 Å². The van der Waals surface area contributed by atoms with Crippen molar-refractivity contribution in [2.75, 3.05) is 0 Å². The molecule has 0 aliphatic heterocycles. The normalized spacial score (nSPS) is 21.4. The molecule has 0 heterocycles. The Morgan fingerprint density at radius 3 is 2.14 bits per heavy atom. The van der Waals surface area contributed by atoms with E-state index in [4.69, 9.17) is 11.5 Å². The van der Waals surface area contributed by atoms with Gasteiger partial charge in [-0.3, -0.25) is 0 Å². The van der Waals surface area contributed by atoms with Gasteiger partial charge in [0.2, 0.25) is 0 Å². The zero-order chi connectivity index (χ0) is 20.2. The Hall–Kier alpha value is -3.10. The van der Waals surface area contributed by atoms with Crippen molar-refractivity contribution in [2.24, 2.45) is 11.5 Å². The van der Waals surface area contributed by atoms with Gasteiger partial charge in [-0.15, -0.1) is 0 Å². The summed E-state index contributed by atoms with van der Waals surface area (Å²) in [6.07, 6.45) is 6.67. The number of hydrogen-bond donors (Lipinski definition) is 2. The van der Waals surface area contributed by atoms with Gasteiger partial charge >= 0.3 is 0 Å². The van der Waals surface area contributed by atoms with Crippen LogP contribution in [0.3, 0.4) is 0 Å². The van der Waals surface area contributed by atoms with Crippen LogP contribution in [0.2, 0.25) is 0 Å². The number of nitrogens with two attached hydrogens (primary N) is 2. The summed E-state index contributed by atoms with van der Waals surface area (Å²) in [4.78, 5) is 0. The number of allylic oxidation sites excluding steroid dienone is 1. The molecule has 3 aromatic carbocycles. The topological polar surface area (TPSA) is 52.0 Å². The van der Waals surface area contributed by atoms with E-state index in [1.165, 1.54) is 33.4 Å². The molecule has 0 saturated carbocycles. The van der Waals surface area contributed by atoms with Crippen LogP contribution in [0.15, 0.2) is 90.7 Å². The van der Waals surface area contributed by atoms with E-state index in [0.717, 1.165) is 11.3 Å². The quantitative estimate of drug-likeness (QED) is 0.608. The first kappa shape index (κ1) is 18.0. The van der Waals surface area contributed by atoms with E-state index in [9.17, 15) is 0 Å². The Morgan fingerprint density at radius 2 is 1.41 bits per heavy atom. The fraction of sp³-hybridized carbons (Fsp3) is 0.185. The molecule has 1 unspecified atom stereocenters. The number of rotatable bonds is 2. The first-order chi connectivity index (χ1) is 13.9. The predicted molar refractivity (Wildman–Crippen MR) is 121 cm³/mol. The maximum absolute atomic E-state index is 6.83. The molecule has 0 aromatic heterocycles. The second-order valence-corrected chi connectivity index (χ2v) is 8.76. The lowest BCUT2D eigenvalue weighted by molar-refractivity contribution is 0.563. The number of benzene rings is 3. The molecule has 0 radical (unpaired) electrons. The van der Waals surface area contributed by atoms with Crippen LogP contribution in [0.4, 0.5) is 0 Å². The van der Waals surface area contributed by atoms with Gasteiger partial charge in [0.1, 0.15) is 0 Å². The highest BCUT2D eigenvalue weighted by Gasteiger charge is 2.35. The van der Waals surface area contributed by atoms with E-state index in [1.54, 1.807) is 0 Å². The standard InChI is InChI=1S/C27H26N2/c1-26(2)23-9-5-4-8-21(23)22-12-11-18(17-25(22)26)20-7-3-6-10-24(20)27(29)15-13-19(28)14-16-27/h3-15,17H,16,28-29H2,1-2H3. The van der Waals surface area contributed by atoms with Gasteiger partial charge in [-0.1, -0.05) is 86.7 Å². The van der Waals surface area contributed by atoms with Crippen LogP contribution in [-0.4, -0.2) is 0 Å². The highest BCUT2D eigenvalue weighted by atomic mass is 14.7. The highest BCUT2D eigenvalue weighted by Crippen LogP contribution is 2.50. The van der Waals surface area contributed by atoms with Gasteiger partial charge in [0.25, 0.3) is 0 Å². The van der Waals surface area contributed by atoms with Gasteiger partial charge in [0.15, 0.2) is 0 Å². The summed E-state index contributed by atoms with van der Waals surface area (Å²) in [6.45, 7) is 4.63. The van der Waals surface area contributed by atoms with Crippen LogP contribution in [0.1, 0.15) is 37.0 Å². The summed E-state index contributed by atoms with van der Waals surface area (Å²) in [6, 6.07) is 24.1. The van der Waals surface area contributed by atoms with Crippen molar-refractivity contribution >= 4 is 0 Å². The molecule has 2 aliphatic carbocycles. The summed E-state index contributed by atoms with van der Waals surface area (Å²) >= 11 is 0. The molecule has 2 heteroatoms. The van der Waals surface area contributed by atoms with Gasteiger partial charge in [-0.05, 0) is 57.5 Å². The fourth-order valence-electron chi connectivity index (χ4n) is 4.88. The van der Waals surface area contributed by atoms with Crippen molar-refractivity contribution in [3.63, 3.8) is 0 Å². The maximum atomic E-state index is 6.83. The zero-order valence-corrected chi connectivity index (χ0v) is 16.9. The van der Waals surface area contributed by atoms with Gasteiger partial charge < -0.3 is 11.5 Å². The van der Waals surface area contributed by atoms with Crippen LogP contribution in [0, 0.1) is 0 Å². The van der Waals surface area contributed by atoms with Crippen molar-refractivity contribution in [3.05, 3.63) is 107 Å². The molecule has 2 aliphatic rings. The Kier molecular flexibility index (Phi) is 3.84. The van der Waals surface area contributed by atoms with E-state index in [-0.39, 0.29) is 5.41 Å². The van der Waals surface area contributed by atoms with Crippen LogP contribution in [0.25, 0.3) is 22.3 Å². The van der Waals surface area contributed by atoms with E-state index in [2.05, 4.69) is 80.6 Å². The molecule has 0 fully saturated rings. The first-order valence-corrected chi connectivity index (χ1v) is 10.2. The molecule has 0 saturated heterocycles. The SMILES string of the molecule is CC1(C)c2ccccc2-c2ccc(-c3ccccc3C3(N)C=CC(N)=CC3)cc21. The Balaban J connectivity index is 1.66. The average Bonchev–Trinajstić information content (AvgIpc) is 2.98. The Morgan fingerprint density at radius 1 is 0.759 bits per heavy atom. The molecular weight excluding hydrogens is 352 g/mol. The van der Waals surface area contributed by atoms with Crippen LogP contribution < -0.4 is 11.5 Å². The third kappa shape index (κ3) is 2.67. The molecular formula is C27H26N2. The van der Waals surface area contributed by atoms with E-state index < -0.39 is 5.54 Å². The zero-order valence-electron chi connectivity index (χ0n) is 16.9. The Bertz CT molecular complexity index is 1180. The second-order valence-electron chi connectivity index (χ2n) is 8.76. The van der Waals surface area contributed by atoms with Gasteiger partial charge in [0.05, 0.1) is 5.54 Å². The third-order valence-corrected chi connectivity index (χ3v) is 6.57. The predicted octanol–water partition coefficient (Wildman–Crippen LogP) is 5.62. The summed E-state index contributed by atoms with van der Waals surface area (Å²) in [5, 5.41) is 0. The number of fused-ring (bicyclic) bond motifs is 3. The van der Waals surface area contributed by atoms with Crippen molar-refractivity contribution in [1.29, 1.82) is 0 Å². The van der Waals surface area contributed by atoms with Gasteiger partial charge in [-0.25, -0.2) is 0 Å². The maximum Gasteiger partial charge on any atom is 0.0641 e. The molecule has 0 bridgehead atoms. The summed E-state index contributed by atoms with van der Waals surface area (Å²) in [5.41, 5.74) is 22.0. The molecule has 4 N–H and O–H groups in total. The third-order valence-electron chi connectivity index (χ3n) is 6.57. The van der Waals surface area contributed by atoms with Crippen LogP contribution in [-0.2, 0) is 11.0 Å². The van der Waals surface area contributed by atoms with Crippen LogP contribution >= 0.6 is 0 Å². The number of hydrogen-bond acceptors (Lipinski definition) is 2. The second kappa shape index (κ2) is 6.20. The van der Waals surface area contributed by atoms with E-state index in [1.807, 2.05) is 18.2 Å². The van der Waals surface area contributed by atoms with Crippen LogP contribution in [0.5, 0.6) is 0 Å². The summed E-state index contributed by atoms with van der Waals surface area (Å²) in [5.74, 6) is 0. The molecule has 0 amide bonds. The summed E-state index contributed by atoms with van der Waals surface area (Å²) in [7, 11) is 0. The highest BCUT2D eigenvalue weighted by molar-refractivity contribution is 5.84. The minimum atomic E-state index is -0.545. The minimum Gasteiger partial charge on any atom is -0.399 e. The van der Waals surface area contributed by atoms with Crippen molar-refractivity contribution in [1.82, 2.24) is 0 Å². The van der Waals surface area contributed by atoms with Gasteiger partial charge in [-0.2, -0.15) is 0 Å². The minimum absolute atomic E-state index is 0.0147. The molecule has 5 rings (SSSR count). The largest absolute Gasteiger partial charge is 0.399 e. The van der Waals surface area contributed by atoms with Crippen molar-refractivity contribution < 1.29 is 0 Å². The summed E-state index contributed by atoms with van der Waals surface area (Å²) < 4.78 is 0. The smallest absolute Gasteiger partial charge is 0.0641 e. The lowest BCUT2D eigenvalue weighted by atomic mass is 9.78. The fourth-order valence-corrected chi connectivity index (χ4v) is 4.88.